The molecule has 0 atom stereocenters. The van der Waals surface area contributed by atoms with Crippen molar-refractivity contribution in [3.05, 3.63) is 245 Å². The summed E-state index contributed by atoms with van der Waals surface area (Å²) < 4.78 is 5.67. The van der Waals surface area contributed by atoms with E-state index in [2.05, 4.69) is 235 Å². The Hall–Kier alpha value is -10.3. The minimum Gasteiger partial charge on any atom is -0.657 e. The van der Waals surface area contributed by atoms with Crippen LogP contribution >= 0.6 is 0 Å². The summed E-state index contributed by atoms with van der Waals surface area (Å²) in [5, 5.41) is 0. The molecule has 11 aromatic rings. The standard InChI is InChI=1S/C77H58N8O.Zn/c1-3-4-5-18-27-56-58-34-30-53(78-58)46-54-31-35-60(79-54)73(52-28-32-55(86-2)33-29-52)65-43-45-69(84-65)76(68-37-36-59(56)80-68)57-47-70-74(50-23-14-8-15-24-50)66-41-40-63(82-66)71(48-19-10-6-11-20-48)61-38-39-62(81-61)72(49-21-12-7-13-22-49)64-42-44-67(83-64)75(77(57)85-70)51-25-16-9-17-26-51;/h6-17,19-26,28-47,78,84H,3-5,18,27H2,1-2H3;/q-2;+2. The number of ether oxygens (including phenoxy) is 1. The number of benzene rings is 5. The van der Waals surface area contributed by atoms with Crippen molar-refractivity contribution in [2.24, 2.45) is 0 Å². The zero-order valence-corrected chi connectivity index (χ0v) is 51.4. The maximum atomic E-state index is 5.98. The van der Waals surface area contributed by atoms with E-state index in [4.69, 9.17) is 34.6 Å². The Bertz CT molecular complexity index is 4930. The molecule has 414 valence electrons. The van der Waals surface area contributed by atoms with E-state index in [-0.39, 0.29) is 19.5 Å². The molecule has 0 saturated heterocycles. The molecule has 4 aliphatic rings. The monoisotopic (exact) mass is 1170 g/mol. The first kappa shape index (κ1) is 54.6. The molecule has 4 aliphatic heterocycles. The minimum absolute atomic E-state index is 0. The second kappa shape index (κ2) is 23.6. The second-order valence-corrected chi connectivity index (χ2v) is 22.0. The number of unbranched alkanes of at least 4 members (excludes halogenated alkanes) is 3. The SMILES string of the molecule is CCCCCCc1c2nc(c(-c3cc4[n-]c3c(-c3ccccc3)c3nc(c(-c5ccccc5)c5ccc([n-]5)c(-c5ccccc5)c5nc(c4-c4ccccc4)C=C5)C=C3)c3ccc([nH]3)c(-c3ccc(OC)cc3)c3nc(cc4ccc1[nH]4)C=C3)C=C2.[Zn+2]. The van der Waals surface area contributed by atoms with E-state index in [0.29, 0.717) is 0 Å². The van der Waals surface area contributed by atoms with E-state index in [1.54, 1.807) is 7.11 Å². The van der Waals surface area contributed by atoms with Gasteiger partial charge in [0.25, 0.3) is 0 Å². The van der Waals surface area contributed by atoms with Gasteiger partial charge in [-0.25, -0.2) is 19.9 Å². The number of H-pyrrole nitrogens is 2. The van der Waals surface area contributed by atoms with Crippen molar-refractivity contribution >= 4 is 92.7 Å². The zero-order chi connectivity index (χ0) is 57.5. The zero-order valence-electron chi connectivity index (χ0n) is 48.4. The summed E-state index contributed by atoms with van der Waals surface area (Å²) >= 11 is 0. The van der Waals surface area contributed by atoms with Crippen LogP contribution < -0.4 is 14.7 Å². The molecule has 0 aliphatic carbocycles. The quantitative estimate of drug-likeness (QED) is 0.0923. The maximum absolute atomic E-state index is 5.98. The van der Waals surface area contributed by atoms with Crippen LogP contribution in [0.25, 0.3) is 160 Å². The average Bonchev–Trinajstić information content (AvgIpc) is 2.15. The molecule has 10 heterocycles. The van der Waals surface area contributed by atoms with Crippen LogP contribution in [0.3, 0.4) is 0 Å². The van der Waals surface area contributed by atoms with Crippen molar-refractivity contribution in [1.29, 1.82) is 0 Å². The topological polar surface area (TPSA) is 121 Å². The maximum Gasteiger partial charge on any atom is 2.00 e. The number of hydrogen-bond donors (Lipinski definition) is 2. The third-order valence-corrected chi connectivity index (χ3v) is 16.6. The van der Waals surface area contributed by atoms with Gasteiger partial charge in [0, 0.05) is 38.8 Å². The van der Waals surface area contributed by atoms with Gasteiger partial charge in [-0.15, -0.1) is 22.1 Å². The molecule has 0 saturated carbocycles. The fourth-order valence-corrected chi connectivity index (χ4v) is 12.5. The van der Waals surface area contributed by atoms with Gasteiger partial charge < -0.3 is 24.7 Å². The van der Waals surface area contributed by atoms with Crippen molar-refractivity contribution in [2.75, 3.05) is 7.11 Å². The molecule has 0 unspecified atom stereocenters. The molecular formula is C77H58N8OZn. The minimum atomic E-state index is 0. The summed E-state index contributed by atoms with van der Waals surface area (Å²) in [6.45, 7) is 2.26. The molecule has 0 spiro atoms. The molecule has 6 aromatic heterocycles. The molecule has 5 aromatic carbocycles. The molecule has 87 heavy (non-hydrogen) atoms. The average molecular weight is 1180 g/mol. The first-order valence-electron chi connectivity index (χ1n) is 29.6. The van der Waals surface area contributed by atoms with Crippen molar-refractivity contribution in [3.8, 4) is 72.5 Å². The second-order valence-electron chi connectivity index (χ2n) is 22.0. The number of hydrogen-bond acceptors (Lipinski definition) is 5. The third-order valence-electron chi connectivity index (χ3n) is 16.6. The Labute approximate surface area is 517 Å². The number of aromatic amines is 2. The van der Waals surface area contributed by atoms with Crippen molar-refractivity contribution in [1.82, 2.24) is 39.9 Å². The molecule has 2 N–H and O–H groups in total. The van der Waals surface area contributed by atoms with Gasteiger partial charge in [0.15, 0.2) is 0 Å². The Morgan fingerprint density at radius 3 is 1.43 bits per heavy atom. The summed E-state index contributed by atoms with van der Waals surface area (Å²) in [5.41, 5.74) is 25.9. The van der Waals surface area contributed by atoms with Crippen molar-refractivity contribution < 1.29 is 24.2 Å². The van der Waals surface area contributed by atoms with Gasteiger partial charge in [0.05, 0.1) is 52.7 Å². The Balaban J connectivity index is 0.00000667. The molecular weight excluding hydrogens is 1120 g/mol. The van der Waals surface area contributed by atoms with E-state index >= 15 is 0 Å². The molecule has 10 heteroatoms. The molecule has 16 bridgehead atoms. The molecule has 0 amide bonds. The molecule has 15 rings (SSSR count). The van der Waals surface area contributed by atoms with Gasteiger partial charge in [0.2, 0.25) is 0 Å². The van der Waals surface area contributed by atoms with Crippen LogP contribution in [0.5, 0.6) is 5.75 Å². The first-order chi connectivity index (χ1) is 42.5. The number of nitrogens with one attached hydrogen (secondary N) is 2. The normalized spacial score (nSPS) is 12.2. The van der Waals surface area contributed by atoms with E-state index in [9.17, 15) is 0 Å². The van der Waals surface area contributed by atoms with Gasteiger partial charge in [-0.1, -0.05) is 178 Å². The number of nitrogens with zero attached hydrogens (tertiary/aromatic N) is 6. The molecule has 0 fully saturated rings. The van der Waals surface area contributed by atoms with Crippen molar-refractivity contribution in [2.45, 2.75) is 39.0 Å². The smallest absolute Gasteiger partial charge is 0.657 e. The van der Waals surface area contributed by atoms with Gasteiger partial charge in [-0.05, 0) is 160 Å². The van der Waals surface area contributed by atoms with Gasteiger partial charge in [-0.3, -0.25) is 0 Å². The Kier molecular flexibility index (Phi) is 14.9. The summed E-state index contributed by atoms with van der Waals surface area (Å²) in [4.78, 5) is 41.7. The molecule has 9 nitrogen and oxygen atoms in total. The number of aryl methyl sites for hydroxylation is 1. The number of methoxy groups -OCH3 is 1. The van der Waals surface area contributed by atoms with Crippen LogP contribution in [0, 0.1) is 0 Å². The van der Waals surface area contributed by atoms with Gasteiger partial charge in [0.1, 0.15) is 5.75 Å². The summed E-state index contributed by atoms with van der Waals surface area (Å²) in [6.07, 6.45) is 22.5. The summed E-state index contributed by atoms with van der Waals surface area (Å²) in [5.74, 6) is 0.772. The molecule has 0 radical (unpaired) electrons. The van der Waals surface area contributed by atoms with Crippen LogP contribution in [-0.2, 0) is 25.9 Å². The Morgan fingerprint density at radius 1 is 0.379 bits per heavy atom. The largest absolute Gasteiger partial charge is 2.00 e. The van der Waals surface area contributed by atoms with Crippen LogP contribution in [0.2, 0.25) is 0 Å². The fraction of sp³-hybridized carbons (Fsp3) is 0.0909. The first-order valence-corrected chi connectivity index (χ1v) is 29.6. The number of rotatable bonds is 12. The van der Waals surface area contributed by atoms with E-state index in [1.165, 1.54) is 12.0 Å². The predicted molar refractivity (Wildman–Crippen MR) is 356 cm³/mol. The van der Waals surface area contributed by atoms with E-state index in [0.717, 1.165) is 188 Å². The number of aromatic nitrogens is 8. The van der Waals surface area contributed by atoms with Crippen molar-refractivity contribution in [3.63, 3.8) is 0 Å². The summed E-state index contributed by atoms with van der Waals surface area (Å²) in [7, 11) is 1.70. The van der Waals surface area contributed by atoms with E-state index < -0.39 is 0 Å². The summed E-state index contributed by atoms with van der Waals surface area (Å²) in [6, 6.07) is 67.5. The van der Waals surface area contributed by atoms with Crippen LogP contribution in [0.4, 0.5) is 0 Å². The fourth-order valence-electron chi connectivity index (χ4n) is 12.5. The predicted octanol–water partition coefficient (Wildman–Crippen LogP) is 19.0. The Morgan fingerprint density at radius 2 is 0.851 bits per heavy atom. The van der Waals surface area contributed by atoms with Crippen LogP contribution in [0.15, 0.2) is 194 Å². The van der Waals surface area contributed by atoms with Gasteiger partial charge in [-0.2, -0.15) is 0 Å². The third kappa shape index (κ3) is 10.4. The number of fused-ring (bicyclic) bond motifs is 16. The van der Waals surface area contributed by atoms with Crippen LogP contribution in [0.1, 0.15) is 83.7 Å². The van der Waals surface area contributed by atoms with E-state index in [1.807, 2.05) is 24.3 Å². The van der Waals surface area contributed by atoms with Gasteiger partial charge >= 0.3 is 19.5 Å². The van der Waals surface area contributed by atoms with Crippen LogP contribution in [-0.4, -0.2) is 37.0 Å².